The number of carbonyl (C=O) groups excluding carboxylic acids is 6. The first-order valence-electron chi connectivity index (χ1n) is 12.9. The molecule has 1 saturated carbocycles. The van der Waals surface area contributed by atoms with Gasteiger partial charge in [0.2, 0.25) is 0 Å². The van der Waals surface area contributed by atoms with E-state index in [1.165, 1.54) is 13.8 Å². The standard InChI is InChI=1S/C28H38N2O12/c1-7-21(31)37-15-27(5,16-38-22(32)8-2)29-25(35)41-19-11-13-20(14-12-19)42-26(36)30-28(6,17-39-23(33)9-3)18-40-24(34)10-4/h7-10,19-20H,1-4,11-18H2,5-6H3,(H,29,35)(H,30,36). The van der Waals surface area contributed by atoms with Crippen molar-refractivity contribution < 1.29 is 57.2 Å². The zero-order valence-corrected chi connectivity index (χ0v) is 23.8. The summed E-state index contributed by atoms with van der Waals surface area (Å²) < 4.78 is 31.0. The lowest BCUT2D eigenvalue weighted by molar-refractivity contribution is -0.146. The van der Waals surface area contributed by atoms with Crippen molar-refractivity contribution in [3.63, 3.8) is 0 Å². The number of amides is 2. The monoisotopic (exact) mass is 594 g/mol. The van der Waals surface area contributed by atoms with Gasteiger partial charge >= 0.3 is 36.1 Å². The van der Waals surface area contributed by atoms with Crippen LogP contribution in [0.5, 0.6) is 0 Å². The van der Waals surface area contributed by atoms with E-state index in [-0.39, 0.29) is 26.4 Å². The normalized spacial score (nSPS) is 16.3. The number of carbonyl (C=O) groups is 6. The summed E-state index contributed by atoms with van der Waals surface area (Å²) in [6.45, 7) is 14.9. The van der Waals surface area contributed by atoms with Crippen molar-refractivity contribution in [3.05, 3.63) is 50.6 Å². The van der Waals surface area contributed by atoms with E-state index in [2.05, 4.69) is 36.9 Å². The molecule has 0 aliphatic heterocycles. The minimum atomic E-state index is -1.31. The molecule has 0 radical (unpaired) electrons. The van der Waals surface area contributed by atoms with Crippen LogP contribution in [0.15, 0.2) is 50.6 Å². The van der Waals surface area contributed by atoms with E-state index in [0.29, 0.717) is 25.7 Å². The van der Waals surface area contributed by atoms with E-state index >= 15 is 0 Å². The van der Waals surface area contributed by atoms with Crippen LogP contribution in [0.2, 0.25) is 0 Å². The Morgan fingerprint density at radius 2 is 0.810 bits per heavy atom. The molecule has 0 spiro atoms. The van der Waals surface area contributed by atoms with Gasteiger partial charge in [0, 0.05) is 24.3 Å². The molecule has 0 aromatic heterocycles. The maximum Gasteiger partial charge on any atom is 0.408 e. The van der Waals surface area contributed by atoms with Crippen LogP contribution in [0, 0.1) is 0 Å². The Labute approximate surface area is 244 Å². The second-order valence-corrected chi connectivity index (χ2v) is 9.83. The quantitative estimate of drug-likeness (QED) is 0.151. The first-order chi connectivity index (χ1) is 19.8. The summed E-state index contributed by atoms with van der Waals surface area (Å²) >= 11 is 0. The molecule has 1 aliphatic rings. The first kappa shape index (κ1) is 35.4. The predicted octanol–water partition coefficient (Wildman–Crippen LogP) is 2.18. The third-order valence-corrected chi connectivity index (χ3v) is 5.77. The predicted molar refractivity (Wildman–Crippen MR) is 147 cm³/mol. The summed E-state index contributed by atoms with van der Waals surface area (Å²) in [5, 5.41) is 5.11. The Kier molecular flexibility index (Phi) is 14.5. The van der Waals surface area contributed by atoms with Crippen LogP contribution in [-0.2, 0) is 47.6 Å². The lowest BCUT2D eigenvalue weighted by Gasteiger charge is -2.33. The first-order valence-corrected chi connectivity index (χ1v) is 12.9. The second-order valence-electron chi connectivity index (χ2n) is 9.83. The Morgan fingerprint density at radius 1 is 0.571 bits per heavy atom. The highest BCUT2D eigenvalue weighted by atomic mass is 16.6. The molecule has 1 aliphatic carbocycles. The summed E-state index contributed by atoms with van der Waals surface area (Å²) in [5.74, 6) is -2.93. The third kappa shape index (κ3) is 13.6. The van der Waals surface area contributed by atoms with Crippen molar-refractivity contribution >= 4 is 36.1 Å². The highest BCUT2D eigenvalue weighted by Crippen LogP contribution is 2.24. The van der Waals surface area contributed by atoms with E-state index in [1.807, 2.05) is 0 Å². The number of nitrogens with one attached hydrogen (secondary N) is 2. The van der Waals surface area contributed by atoms with E-state index in [4.69, 9.17) is 28.4 Å². The Bertz CT molecular complexity index is 915. The summed E-state index contributed by atoms with van der Waals surface area (Å²) in [6, 6.07) is 0. The Balaban J connectivity index is 2.65. The molecule has 0 heterocycles. The summed E-state index contributed by atoms with van der Waals surface area (Å²) in [7, 11) is 0. The van der Waals surface area contributed by atoms with E-state index in [9.17, 15) is 28.8 Å². The molecule has 14 nitrogen and oxygen atoms in total. The number of esters is 4. The number of hydrogen-bond acceptors (Lipinski definition) is 12. The minimum Gasteiger partial charge on any atom is -0.460 e. The van der Waals surface area contributed by atoms with Crippen LogP contribution in [0.4, 0.5) is 9.59 Å². The molecule has 0 unspecified atom stereocenters. The van der Waals surface area contributed by atoms with Crippen molar-refractivity contribution in [2.75, 3.05) is 26.4 Å². The number of ether oxygens (including phenoxy) is 6. The molecule has 42 heavy (non-hydrogen) atoms. The van der Waals surface area contributed by atoms with Crippen LogP contribution in [0.3, 0.4) is 0 Å². The van der Waals surface area contributed by atoms with Crippen molar-refractivity contribution in [1.82, 2.24) is 10.6 Å². The van der Waals surface area contributed by atoms with Gasteiger partial charge in [-0.25, -0.2) is 28.8 Å². The summed E-state index contributed by atoms with van der Waals surface area (Å²) in [6.07, 6.45) is 2.58. The fourth-order valence-corrected chi connectivity index (χ4v) is 3.51. The molecule has 1 rings (SSSR count). The fourth-order valence-electron chi connectivity index (χ4n) is 3.51. The molecule has 0 bridgehead atoms. The van der Waals surface area contributed by atoms with Crippen LogP contribution >= 0.6 is 0 Å². The summed E-state index contributed by atoms with van der Waals surface area (Å²) in [5.41, 5.74) is -2.61. The van der Waals surface area contributed by atoms with Crippen molar-refractivity contribution in [2.45, 2.75) is 62.8 Å². The Morgan fingerprint density at radius 3 is 1.02 bits per heavy atom. The molecule has 0 aromatic carbocycles. The van der Waals surface area contributed by atoms with Crippen molar-refractivity contribution in [1.29, 1.82) is 0 Å². The summed E-state index contributed by atoms with van der Waals surface area (Å²) in [4.78, 5) is 71.2. The molecule has 2 amide bonds. The topological polar surface area (TPSA) is 182 Å². The van der Waals surface area contributed by atoms with Crippen LogP contribution in [-0.4, -0.2) is 85.8 Å². The highest BCUT2D eigenvalue weighted by molar-refractivity contribution is 5.82. The average Bonchev–Trinajstić information content (AvgIpc) is 2.97. The lowest BCUT2D eigenvalue weighted by Crippen LogP contribution is -2.54. The van der Waals surface area contributed by atoms with Gasteiger partial charge < -0.3 is 39.1 Å². The average molecular weight is 595 g/mol. The number of rotatable bonds is 16. The van der Waals surface area contributed by atoms with Gasteiger partial charge in [0.15, 0.2) is 0 Å². The van der Waals surface area contributed by atoms with Gasteiger partial charge in [-0.3, -0.25) is 0 Å². The molecule has 0 saturated heterocycles. The Hall–Kier alpha value is -4.62. The molecule has 14 heteroatoms. The largest absolute Gasteiger partial charge is 0.460 e. The van der Waals surface area contributed by atoms with Gasteiger partial charge in [-0.15, -0.1) is 0 Å². The van der Waals surface area contributed by atoms with Crippen LogP contribution < -0.4 is 10.6 Å². The zero-order valence-electron chi connectivity index (χ0n) is 23.8. The molecule has 1 fully saturated rings. The minimum absolute atomic E-state index is 0.328. The van der Waals surface area contributed by atoms with E-state index < -0.39 is 59.3 Å². The van der Waals surface area contributed by atoms with Gasteiger partial charge in [-0.1, -0.05) is 26.3 Å². The van der Waals surface area contributed by atoms with Crippen molar-refractivity contribution in [3.8, 4) is 0 Å². The molecule has 232 valence electrons. The van der Waals surface area contributed by atoms with Gasteiger partial charge in [-0.2, -0.15) is 0 Å². The number of hydrogen-bond donors (Lipinski definition) is 2. The molecule has 0 aromatic rings. The molecule has 0 atom stereocenters. The second kappa shape index (κ2) is 17.3. The van der Waals surface area contributed by atoms with Gasteiger partial charge in [0.25, 0.3) is 0 Å². The van der Waals surface area contributed by atoms with Crippen LogP contribution in [0.1, 0.15) is 39.5 Å². The smallest absolute Gasteiger partial charge is 0.408 e. The van der Waals surface area contributed by atoms with Gasteiger partial charge in [-0.05, 0) is 39.5 Å². The fraction of sp³-hybridized carbons (Fsp3) is 0.500. The highest BCUT2D eigenvalue weighted by Gasteiger charge is 2.35. The number of alkyl carbamates (subject to hydrolysis) is 2. The molecular formula is C28H38N2O12. The third-order valence-electron chi connectivity index (χ3n) is 5.77. The van der Waals surface area contributed by atoms with Gasteiger partial charge in [0.05, 0.1) is 0 Å². The van der Waals surface area contributed by atoms with Crippen molar-refractivity contribution in [2.24, 2.45) is 0 Å². The van der Waals surface area contributed by atoms with E-state index in [0.717, 1.165) is 24.3 Å². The maximum absolute atomic E-state index is 12.6. The zero-order chi connectivity index (χ0) is 31.8. The molecular weight excluding hydrogens is 556 g/mol. The maximum atomic E-state index is 12.6. The van der Waals surface area contributed by atoms with Crippen LogP contribution in [0.25, 0.3) is 0 Å². The SMILES string of the molecule is C=CC(=O)OCC(C)(COC(=O)C=C)NC(=O)OC1CCC(OC(=O)NC(C)(COC(=O)C=C)COC(=O)C=C)CC1. The van der Waals surface area contributed by atoms with Gasteiger partial charge in [0.1, 0.15) is 49.7 Å². The molecule has 2 N–H and O–H groups in total. The van der Waals surface area contributed by atoms with E-state index in [1.54, 1.807) is 0 Å². The lowest BCUT2D eigenvalue weighted by atomic mass is 9.95.